The lowest BCUT2D eigenvalue weighted by Gasteiger charge is -2.28. The molecule has 1 aromatic heterocycles. The smallest absolute Gasteiger partial charge is 0.0472 e. The van der Waals surface area contributed by atoms with Gasteiger partial charge in [0.05, 0.1) is 0 Å². The van der Waals surface area contributed by atoms with Crippen LogP contribution in [0.2, 0.25) is 0 Å². The van der Waals surface area contributed by atoms with Crippen LogP contribution in [0.15, 0.2) is 48.7 Å². The van der Waals surface area contributed by atoms with Crippen LogP contribution in [0.5, 0.6) is 0 Å². The van der Waals surface area contributed by atoms with E-state index in [1.807, 2.05) is 12.3 Å². The quantitative estimate of drug-likeness (QED) is 0.845. The predicted molar refractivity (Wildman–Crippen MR) is 82.5 cm³/mol. The van der Waals surface area contributed by atoms with Gasteiger partial charge in [0.25, 0.3) is 0 Å². The van der Waals surface area contributed by atoms with Gasteiger partial charge in [0.2, 0.25) is 0 Å². The number of aromatic nitrogens is 1. The van der Waals surface area contributed by atoms with Crippen LogP contribution in [-0.4, -0.2) is 29.5 Å². The molecule has 0 amide bonds. The first-order valence-electron chi connectivity index (χ1n) is 7.55. The average Bonchev–Trinajstić information content (AvgIpc) is 3.18. The zero-order chi connectivity index (χ0) is 13.6. The highest BCUT2D eigenvalue weighted by atomic mass is 15.2. The summed E-state index contributed by atoms with van der Waals surface area (Å²) >= 11 is 0. The van der Waals surface area contributed by atoms with Gasteiger partial charge in [0.15, 0.2) is 0 Å². The monoisotopic (exact) mass is 269 g/mol. The van der Waals surface area contributed by atoms with Crippen LogP contribution >= 0.6 is 0 Å². The summed E-state index contributed by atoms with van der Waals surface area (Å²) in [6.07, 6.45) is 4.64. The number of rotatable bonds is 6. The third-order valence-electron chi connectivity index (χ3n) is 4.08. The Morgan fingerprint density at radius 1 is 1.05 bits per heavy atom. The second kappa shape index (κ2) is 6.73. The molecule has 1 aromatic carbocycles. The fourth-order valence-electron chi connectivity index (χ4n) is 3.01. The molecule has 0 bridgehead atoms. The van der Waals surface area contributed by atoms with Crippen LogP contribution in [0.25, 0.3) is 0 Å². The van der Waals surface area contributed by atoms with Crippen molar-refractivity contribution in [2.45, 2.75) is 25.4 Å². The summed E-state index contributed by atoms with van der Waals surface area (Å²) in [5.41, 5.74) is 2.67. The molecule has 0 spiro atoms. The van der Waals surface area contributed by atoms with Gasteiger partial charge < -0.3 is 10.3 Å². The molecular weight excluding hydrogens is 246 g/mol. The van der Waals surface area contributed by atoms with Crippen LogP contribution in [0.1, 0.15) is 30.1 Å². The molecule has 1 saturated heterocycles. The first kappa shape index (κ1) is 13.4. The van der Waals surface area contributed by atoms with E-state index in [4.69, 9.17) is 0 Å². The number of nitrogens with zero attached hydrogens (tertiary/aromatic N) is 1. The highest BCUT2D eigenvalue weighted by Gasteiger charge is 2.22. The van der Waals surface area contributed by atoms with Gasteiger partial charge in [-0.2, -0.15) is 0 Å². The standard InChI is InChI=1S/C17H23N3/c1-2-7-15(8-3-1)17(20-11-4-5-12-20)14-18-13-16-9-6-10-19-16/h1-3,6-10,17-19H,4-5,11-14H2. The van der Waals surface area contributed by atoms with Crippen molar-refractivity contribution >= 4 is 0 Å². The Labute approximate surface area is 121 Å². The SMILES string of the molecule is c1ccc(C(CNCc2ccc[nH]2)N2CCCC2)cc1. The fourth-order valence-corrected chi connectivity index (χ4v) is 3.01. The Morgan fingerprint density at radius 2 is 1.85 bits per heavy atom. The van der Waals surface area contributed by atoms with Crippen molar-refractivity contribution in [1.82, 2.24) is 15.2 Å². The summed E-state index contributed by atoms with van der Waals surface area (Å²) in [5.74, 6) is 0. The third kappa shape index (κ3) is 3.30. The zero-order valence-corrected chi connectivity index (χ0v) is 11.9. The first-order chi connectivity index (χ1) is 9.93. The largest absolute Gasteiger partial charge is 0.364 e. The van der Waals surface area contributed by atoms with Crippen LogP contribution < -0.4 is 5.32 Å². The van der Waals surface area contributed by atoms with Gasteiger partial charge in [-0.15, -0.1) is 0 Å². The predicted octanol–water partition coefficient (Wildman–Crippen LogP) is 2.94. The maximum Gasteiger partial charge on any atom is 0.0472 e. The summed E-state index contributed by atoms with van der Waals surface area (Å²) in [6.45, 7) is 4.36. The molecule has 0 radical (unpaired) electrons. The molecule has 2 N–H and O–H groups in total. The lowest BCUT2D eigenvalue weighted by Crippen LogP contribution is -2.34. The average molecular weight is 269 g/mol. The van der Waals surface area contributed by atoms with Crippen LogP contribution in [0.4, 0.5) is 0 Å². The second-order valence-corrected chi connectivity index (χ2v) is 5.50. The maximum atomic E-state index is 3.59. The number of aromatic amines is 1. The normalized spacial score (nSPS) is 17.4. The highest BCUT2D eigenvalue weighted by molar-refractivity contribution is 5.20. The van der Waals surface area contributed by atoms with Crippen molar-refractivity contribution in [1.29, 1.82) is 0 Å². The van der Waals surface area contributed by atoms with Crippen molar-refractivity contribution in [3.05, 3.63) is 59.9 Å². The number of likely N-dealkylation sites (tertiary alicyclic amines) is 1. The maximum absolute atomic E-state index is 3.59. The van der Waals surface area contributed by atoms with E-state index in [2.05, 4.69) is 51.6 Å². The van der Waals surface area contributed by atoms with E-state index in [1.165, 1.54) is 37.2 Å². The van der Waals surface area contributed by atoms with Crippen molar-refractivity contribution in [2.24, 2.45) is 0 Å². The van der Waals surface area contributed by atoms with Crippen molar-refractivity contribution in [3.63, 3.8) is 0 Å². The molecule has 1 aliphatic rings. The number of nitrogens with one attached hydrogen (secondary N) is 2. The van der Waals surface area contributed by atoms with Crippen LogP contribution in [0, 0.1) is 0 Å². The van der Waals surface area contributed by atoms with Gasteiger partial charge in [-0.3, -0.25) is 4.90 Å². The summed E-state index contributed by atoms with van der Waals surface area (Å²) in [7, 11) is 0. The number of hydrogen-bond donors (Lipinski definition) is 2. The summed E-state index contributed by atoms with van der Waals surface area (Å²) < 4.78 is 0. The second-order valence-electron chi connectivity index (χ2n) is 5.50. The first-order valence-corrected chi connectivity index (χ1v) is 7.55. The lowest BCUT2D eigenvalue weighted by molar-refractivity contribution is 0.238. The van der Waals surface area contributed by atoms with Gasteiger partial charge >= 0.3 is 0 Å². The molecule has 3 rings (SSSR count). The van der Waals surface area contributed by atoms with E-state index in [0.717, 1.165) is 13.1 Å². The van der Waals surface area contributed by atoms with Crippen molar-refractivity contribution in [3.8, 4) is 0 Å². The van der Waals surface area contributed by atoms with Crippen molar-refractivity contribution in [2.75, 3.05) is 19.6 Å². The van der Waals surface area contributed by atoms with E-state index >= 15 is 0 Å². The Kier molecular flexibility index (Phi) is 4.51. The minimum Gasteiger partial charge on any atom is -0.364 e. The summed E-state index contributed by atoms with van der Waals surface area (Å²) in [5, 5.41) is 3.59. The van der Waals surface area contributed by atoms with E-state index < -0.39 is 0 Å². The van der Waals surface area contributed by atoms with E-state index in [1.54, 1.807) is 0 Å². The molecule has 1 fully saturated rings. The number of hydrogen-bond acceptors (Lipinski definition) is 2. The highest BCUT2D eigenvalue weighted by Crippen LogP contribution is 2.24. The van der Waals surface area contributed by atoms with Gasteiger partial charge in [-0.25, -0.2) is 0 Å². The molecule has 106 valence electrons. The van der Waals surface area contributed by atoms with Gasteiger partial charge in [-0.05, 0) is 43.6 Å². The lowest BCUT2D eigenvalue weighted by atomic mass is 10.1. The summed E-state index contributed by atoms with van der Waals surface area (Å²) in [4.78, 5) is 5.85. The molecule has 1 atom stereocenters. The zero-order valence-electron chi connectivity index (χ0n) is 11.9. The molecule has 3 heteroatoms. The third-order valence-corrected chi connectivity index (χ3v) is 4.08. The molecule has 20 heavy (non-hydrogen) atoms. The Hall–Kier alpha value is -1.58. The van der Waals surface area contributed by atoms with E-state index in [-0.39, 0.29) is 0 Å². The minimum atomic E-state index is 0.494. The molecule has 2 aromatic rings. The Balaban J connectivity index is 1.63. The number of H-pyrrole nitrogens is 1. The van der Waals surface area contributed by atoms with E-state index in [0.29, 0.717) is 6.04 Å². The fraction of sp³-hybridized carbons (Fsp3) is 0.412. The molecule has 1 aliphatic heterocycles. The Morgan fingerprint density at radius 3 is 2.55 bits per heavy atom. The molecule has 0 aliphatic carbocycles. The molecule has 1 unspecified atom stereocenters. The molecular formula is C17H23N3. The van der Waals surface area contributed by atoms with Gasteiger partial charge in [0, 0.05) is 31.0 Å². The molecule has 2 heterocycles. The van der Waals surface area contributed by atoms with Gasteiger partial charge in [0.1, 0.15) is 0 Å². The van der Waals surface area contributed by atoms with Crippen LogP contribution in [0.3, 0.4) is 0 Å². The molecule has 0 saturated carbocycles. The van der Waals surface area contributed by atoms with E-state index in [9.17, 15) is 0 Å². The Bertz CT molecular complexity index is 486. The summed E-state index contributed by atoms with van der Waals surface area (Å²) in [6, 6.07) is 15.5. The van der Waals surface area contributed by atoms with Crippen LogP contribution in [-0.2, 0) is 6.54 Å². The van der Waals surface area contributed by atoms with Gasteiger partial charge in [-0.1, -0.05) is 30.3 Å². The van der Waals surface area contributed by atoms with Crippen molar-refractivity contribution < 1.29 is 0 Å². The number of benzene rings is 1. The molecule has 3 nitrogen and oxygen atoms in total. The topological polar surface area (TPSA) is 31.1 Å². The minimum absolute atomic E-state index is 0.494.